The fourth-order valence-electron chi connectivity index (χ4n) is 1.96. The van der Waals surface area contributed by atoms with Crippen molar-refractivity contribution in [3.05, 3.63) is 0 Å². The van der Waals surface area contributed by atoms with E-state index in [1.54, 1.807) is 6.92 Å². The molecule has 0 aromatic heterocycles. The van der Waals surface area contributed by atoms with Gasteiger partial charge in [-0.3, -0.25) is 0 Å². The lowest BCUT2D eigenvalue weighted by atomic mass is 9.95. The summed E-state index contributed by atoms with van der Waals surface area (Å²) in [4.78, 5) is 13.2. The van der Waals surface area contributed by atoms with Crippen molar-refractivity contribution in [2.24, 2.45) is 11.3 Å². The van der Waals surface area contributed by atoms with Gasteiger partial charge in [-0.25, -0.2) is 0 Å². The highest BCUT2D eigenvalue weighted by Crippen LogP contribution is 2.15. The van der Waals surface area contributed by atoms with Crippen molar-refractivity contribution in [2.45, 2.75) is 41.0 Å². The van der Waals surface area contributed by atoms with Gasteiger partial charge in [0.2, 0.25) is 0 Å². The highest BCUT2D eigenvalue weighted by atomic mass is 16.1. The first kappa shape index (κ1) is 13.6. The van der Waals surface area contributed by atoms with E-state index in [9.17, 15) is 4.79 Å². The molecule has 0 bridgehead atoms. The fraction of sp³-hybridized carbons (Fsp3) is 0.917. The van der Waals surface area contributed by atoms with E-state index in [2.05, 4.69) is 39.6 Å². The van der Waals surface area contributed by atoms with Gasteiger partial charge >= 0.3 is 0 Å². The third kappa shape index (κ3) is 8.24. The second-order valence-corrected chi connectivity index (χ2v) is 5.77. The Morgan fingerprint density at radius 2 is 1.86 bits per heavy atom. The van der Waals surface area contributed by atoms with Gasteiger partial charge in [0.25, 0.3) is 0 Å². The van der Waals surface area contributed by atoms with Crippen molar-refractivity contribution in [3.63, 3.8) is 0 Å². The Labute approximate surface area is 88.7 Å². The number of hydrogen-bond acceptors (Lipinski definition) is 2. The first-order chi connectivity index (χ1) is 6.20. The van der Waals surface area contributed by atoms with Gasteiger partial charge in [0.05, 0.1) is 0 Å². The molecule has 0 fully saturated rings. The summed E-state index contributed by atoms with van der Waals surface area (Å²) in [6.45, 7) is 12.6. The SMILES string of the molecule is CC(=O)C[C@@H](C)CN(C)CC(C)(C)C. The zero-order valence-corrected chi connectivity index (χ0v) is 10.6. The molecule has 0 rings (SSSR count). The van der Waals surface area contributed by atoms with Crippen LogP contribution in [-0.2, 0) is 4.79 Å². The van der Waals surface area contributed by atoms with Gasteiger partial charge in [-0.05, 0) is 25.3 Å². The number of carbonyl (C=O) groups is 1. The van der Waals surface area contributed by atoms with Gasteiger partial charge in [-0.2, -0.15) is 0 Å². The van der Waals surface area contributed by atoms with Crippen LogP contribution in [0.2, 0.25) is 0 Å². The molecule has 84 valence electrons. The minimum absolute atomic E-state index is 0.293. The molecule has 0 radical (unpaired) electrons. The summed E-state index contributed by atoms with van der Waals surface area (Å²) < 4.78 is 0. The van der Waals surface area contributed by atoms with Crippen LogP contribution in [0.25, 0.3) is 0 Å². The molecule has 0 amide bonds. The summed E-state index contributed by atoms with van der Waals surface area (Å²) in [5.74, 6) is 0.765. The molecular weight excluding hydrogens is 174 g/mol. The average molecular weight is 199 g/mol. The molecule has 0 aromatic carbocycles. The second kappa shape index (κ2) is 5.50. The van der Waals surface area contributed by atoms with E-state index in [0.717, 1.165) is 13.1 Å². The summed E-state index contributed by atoms with van der Waals surface area (Å²) in [5.41, 5.74) is 0.338. The van der Waals surface area contributed by atoms with Crippen LogP contribution in [-0.4, -0.2) is 30.8 Å². The molecule has 0 aromatic rings. The molecule has 0 aliphatic carbocycles. The van der Waals surface area contributed by atoms with Crippen molar-refractivity contribution in [1.82, 2.24) is 4.90 Å². The highest BCUT2D eigenvalue weighted by Gasteiger charge is 2.15. The molecule has 1 atom stereocenters. The van der Waals surface area contributed by atoms with Crippen molar-refractivity contribution in [2.75, 3.05) is 20.1 Å². The largest absolute Gasteiger partial charge is 0.306 e. The number of carbonyl (C=O) groups excluding carboxylic acids is 1. The van der Waals surface area contributed by atoms with Crippen molar-refractivity contribution >= 4 is 5.78 Å². The lowest BCUT2D eigenvalue weighted by Gasteiger charge is -2.28. The summed E-state index contributed by atoms with van der Waals surface area (Å²) in [6, 6.07) is 0. The number of hydrogen-bond donors (Lipinski definition) is 0. The number of ketones is 1. The lowest BCUT2D eigenvalue weighted by molar-refractivity contribution is -0.117. The van der Waals surface area contributed by atoms with Crippen LogP contribution in [0.15, 0.2) is 0 Å². The average Bonchev–Trinajstić information content (AvgIpc) is 1.77. The number of nitrogens with zero attached hydrogens (tertiary/aromatic N) is 1. The zero-order chi connectivity index (χ0) is 11.4. The molecule has 14 heavy (non-hydrogen) atoms. The van der Waals surface area contributed by atoms with Crippen molar-refractivity contribution < 1.29 is 4.79 Å². The van der Waals surface area contributed by atoms with Crippen LogP contribution in [0.3, 0.4) is 0 Å². The van der Waals surface area contributed by atoms with Gasteiger partial charge in [-0.15, -0.1) is 0 Å². The molecule has 0 aliphatic rings. The molecule has 2 nitrogen and oxygen atoms in total. The van der Waals surface area contributed by atoms with Crippen LogP contribution >= 0.6 is 0 Å². The summed E-state index contributed by atoms with van der Waals surface area (Å²) in [7, 11) is 2.13. The van der Waals surface area contributed by atoms with Crippen LogP contribution in [0.1, 0.15) is 41.0 Å². The predicted molar refractivity (Wildman–Crippen MR) is 61.4 cm³/mol. The third-order valence-corrected chi connectivity index (χ3v) is 2.00. The minimum atomic E-state index is 0.293. The Bertz CT molecular complexity index is 181. The monoisotopic (exact) mass is 199 g/mol. The minimum Gasteiger partial charge on any atom is -0.306 e. The molecule has 0 heterocycles. The number of Topliss-reactive ketones (excluding diaryl/α,β-unsaturated/α-hetero) is 1. The summed E-state index contributed by atoms with van der Waals surface area (Å²) in [5, 5.41) is 0. The maximum Gasteiger partial charge on any atom is 0.130 e. The van der Waals surface area contributed by atoms with Gasteiger partial charge in [0.15, 0.2) is 0 Å². The molecule has 0 unspecified atom stereocenters. The Morgan fingerprint density at radius 3 is 2.21 bits per heavy atom. The Balaban J connectivity index is 3.82. The lowest BCUT2D eigenvalue weighted by Crippen LogP contribution is -2.33. The van der Waals surface area contributed by atoms with Crippen LogP contribution < -0.4 is 0 Å². The van der Waals surface area contributed by atoms with Gasteiger partial charge in [-0.1, -0.05) is 27.7 Å². The Hall–Kier alpha value is -0.370. The fourth-order valence-corrected chi connectivity index (χ4v) is 1.96. The molecular formula is C12H25NO. The molecule has 2 heteroatoms. The topological polar surface area (TPSA) is 20.3 Å². The van der Waals surface area contributed by atoms with E-state index in [1.165, 1.54) is 0 Å². The van der Waals surface area contributed by atoms with E-state index in [4.69, 9.17) is 0 Å². The van der Waals surface area contributed by atoms with E-state index < -0.39 is 0 Å². The molecule has 0 saturated heterocycles. The quantitative estimate of drug-likeness (QED) is 0.678. The normalized spacial score (nSPS) is 14.5. The van der Waals surface area contributed by atoms with Crippen LogP contribution in [0.5, 0.6) is 0 Å². The highest BCUT2D eigenvalue weighted by molar-refractivity contribution is 5.75. The smallest absolute Gasteiger partial charge is 0.130 e. The first-order valence-corrected chi connectivity index (χ1v) is 5.38. The molecule has 0 saturated carbocycles. The van der Waals surface area contributed by atoms with Crippen molar-refractivity contribution in [1.29, 1.82) is 0 Å². The van der Waals surface area contributed by atoms with Gasteiger partial charge < -0.3 is 9.69 Å². The van der Waals surface area contributed by atoms with Crippen LogP contribution in [0.4, 0.5) is 0 Å². The molecule has 0 aliphatic heterocycles. The van der Waals surface area contributed by atoms with Crippen molar-refractivity contribution in [3.8, 4) is 0 Å². The molecule has 0 spiro atoms. The van der Waals surface area contributed by atoms with Crippen LogP contribution in [0, 0.1) is 11.3 Å². The summed E-state index contributed by atoms with van der Waals surface area (Å²) >= 11 is 0. The molecule has 0 N–H and O–H groups in total. The standard InChI is InChI=1S/C12H25NO/c1-10(7-11(2)14)8-13(6)9-12(3,4)5/h10H,7-9H2,1-6H3/t10-/m1/s1. The van der Waals surface area contributed by atoms with Gasteiger partial charge in [0, 0.05) is 19.5 Å². The second-order valence-electron chi connectivity index (χ2n) is 5.77. The summed E-state index contributed by atoms with van der Waals surface area (Å²) in [6.07, 6.45) is 0.703. The van der Waals surface area contributed by atoms with E-state index >= 15 is 0 Å². The number of rotatable bonds is 5. The third-order valence-electron chi connectivity index (χ3n) is 2.00. The first-order valence-electron chi connectivity index (χ1n) is 5.38. The maximum atomic E-state index is 10.9. The van der Waals surface area contributed by atoms with E-state index in [-0.39, 0.29) is 0 Å². The Kier molecular flexibility index (Phi) is 5.35. The van der Waals surface area contributed by atoms with E-state index in [1.807, 2.05) is 0 Å². The maximum absolute atomic E-state index is 10.9. The zero-order valence-electron chi connectivity index (χ0n) is 10.6. The predicted octanol–water partition coefficient (Wildman–Crippen LogP) is 2.58. The van der Waals surface area contributed by atoms with E-state index in [0.29, 0.717) is 23.5 Å². The van der Waals surface area contributed by atoms with Gasteiger partial charge in [0.1, 0.15) is 5.78 Å². The Morgan fingerprint density at radius 1 is 1.36 bits per heavy atom.